The van der Waals surface area contributed by atoms with Gasteiger partial charge in [0.1, 0.15) is 0 Å². The molecule has 3 rings (SSSR count). The van der Waals surface area contributed by atoms with E-state index in [0.717, 1.165) is 5.56 Å². The lowest BCUT2D eigenvalue weighted by Gasteiger charge is -2.06. The molecule has 1 unspecified atom stereocenters. The highest BCUT2D eigenvalue weighted by molar-refractivity contribution is 7.91. The third-order valence-electron chi connectivity index (χ3n) is 3.84. The quantitative estimate of drug-likeness (QED) is 0.847. The van der Waals surface area contributed by atoms with Crippen LogP contribution in [0.2, 0.25) is 0 Å². The molecule has 1 aliphatic rings. The van der Waals surface area contributed by atoms with Gasteiger partial charge in [0, 0.05) is 23.6 Å². The van der Waals surface area contributed by atoms with Crippen LogP contribution in [0, 0.1) is 5.92 Å². The van der Waals surface area contributed by atoms with Crippen LogP contribution in [0.15, 0.2) is 29.6 Å². The Kier molecular flexibility index (Phi) is 4.87. The molecule has 0 radical (unpaired) electrons. The Hall–Kier alpha value is -2.26. The molecule has 1 aromatic heterocycles. The Morgan fingerprint density at radius 1 is 1.20 bits per heavy atom. The largest absolute Gasteiger partial charge is 0.326 e. The van der Waals surface area contributed by atoms with Gasteiger partial charge in [-0.15, -0.1) is 11.3 Å². The molecular formula is C16H17N3O4S2. The fraction of sp³-hybridized carbons (Fsp3) is 0.312. The van der Waals surface area contributed by atoms with Gasteiger partial charge in [-0.05, 0) is 18.6 Å². The number of nitrogens with zero attached hydrogens (tertiary/aromatic N) is 1. The predicted molar refractivity (Wildman–Crippen MR) is 97.2 cm³/mol. The lowest BCUT2D eigenvalue weighted by atomic mass is 10.1. The van der Waals surface area contributed by atoms with Crippen LogP contribution in [0.25, 0.3) is 11.3 Å². The van der Waals surface area contributed by atoms with Crippen molar-refractivity contribution >= 4 is 43.8 Å². The third kappa shape index (κ3) is 4.43. The summed E-state index contributed by atoms with van der Waals surface area (Å²) in [6, 6.07) is 7.21. The second-order valence-corrected chi connectivity index (χ2v) is 8.97. The van der Waals surface area contributed by atoms with Gasteiger partial charge < -0.3 is 10.6 Å². The number of sulfone groups is 1. The van der Waals surface area contributed by atoms with Crippen molar-refractivity contribution in [3.05, 3.63) is 29.6 Å². The van der Waals surface area contributed by atoms with E-state index in [9.17, 15) is 18.0 Å². The van der Waals surface area contributed by atoms with Crippen molar-refractivity contribution in [2.24, 2.45) is 5.92 Å². The van der Waals surface area contributed by atoms with Gasteiger partial charge in [0.25, 0.3) is 0 Å². The lowest BCUT2D eigenvalue weighted by Crippen LogP contribution is -2.23. The standard InChI is InChI=1S/C16H17N3O4S2/c1-10(20)17-13-4-2-11(3-5-13)14-8-24-16(18-14)19-15(21)12-6-7-25(22,23)9-12/h2-5,8,12H,6-7,9H2,1H3,(H,17,20)(H,18,19,21). The van der Waals surface area contributed by atoms with E-state index in [1.807, 2.05) is 17.5 Å². The van der Waals surface area contributed by atoms with Crippen LogP contribution in [0.4, 0.5) is 10.8 Å². The highest BCUT2D eigenvalue weighted by Crippen LogP contribution is 2.27. The second-order valence-electron chi connectivity index (χ2n) is 5.89. The molecule has 7 nitrogen and oxygen atoms in total. The summed E-state index contributed by atoms with van der Waals surface area (Å²) in [5.74, 6) is -0.978. The number of amides is 2. The van der Waals surface area contributed by atoms with E-state index >= 15 is 0 Å². The summed E-state index contributed by atoms with van der Waals surface area (Å²) in [7, 11) is -3.09. The molecule has 0 aliphatic carbocycles. The topological polar surface area (TPSA) is 105 Å². The molecule has 9 heteroatoms. The highest BCUT2D eigenvalue weighted by atomic mass is 32.2. The summed E-state index contributed by atoms with van der Waals surface area (Å²) < 4.78 is 22.9. The van der Waals surface area contributed by atoms with E-state index in [0.29, 0.717) is 22.9 Å². The zero-order valence-corrected chi connectivity index (χ0v) is 15.1. The van der Waals surface area contributed by atoms with E-state index in [1.54, 1.807) is 12.1 Å². The zero-order valence-electron chi connectivity index (χ0n) is 13.5. The summed E-state index contributed by atoms with van der Waals surface area (Å²) in [4.78, 5) is 27.5. The fourth-order valence-corrected chi connectivity index (χ4v) is 5.06. The van der Waals surface area contributed by atoms with Crippen LogP contribution < -0.4 is 10.6 Å². The molecule has 0 saturated carbocycles. The monoisotopic (exact) mass is 379 g/mol. The molecule has 2 aromatic rings. The first-order valence-electron chi connectivity index (χ1n) is 7.67. The number of hydrogen-bond acceptors (Lipinski definition) is 6. The maximum absolute atomic E-state index is 12.1. The Bertz CT molecular complexity index is 904. The van der Waals surface area contributed by atoms with Crippen molar-refractivity contribution in [1.82, 2.24) is 4.98 Å². The number of thiazole rings is 1. The molecule has 1 aromatic carbocycles. The number of carbonyl (C=O) groups excluding carboxylic acids is 2. The van der Waals surface area contributed by atoms with Crippen molar-refractivity contribution in [2.75, 3.05) is 22.1 Å². The Morgan fingerprint density at radius 2 is 1.92 bits per heavy atom. The Morgan fingerprint density at radius 3 is 2.52 bits per heavy atom. The predicted octanol–water partition coefficient (Wildman–Crippen LogP) is 2.14. The van der Waals surface area contributed by atoms with Gasteiger partial charge in [-0.25, -0.2) is 13.4 Å². The molecular weight excluding hydrogens is 362 g/mol. The first-order chi connectivity index (χ1) is 11.8. The SMILES string of the molecule is CC(=O)Nc1ccc(-c2csc(NC(=O)C3CCS(=O)(=O)C3)n2)cc1. The molecule has 1 saturated heterocycles. The van der Waals surface area contributed by atoms with Gasteiger partial charge in [0.15, 0.2) is 15.0 Å². The number of nitrogens with one attached hydrogen (secondary N) is 2. The van der Waals surface area contributed by atoms with Gasteiger partial charge in [-0.2, -0.15) is 0 Å². The van der Waals surface area contributed by atoms with E-state index < -0.39 is 15.8 Å². The third-order valence-corrected chi connectivity index (χ3v) is 6.36. The molecule has 1 atom stereocenters. The van der Waals surface area contributed by atoms with E-state index in [2.05, 4.69) is 15.6 Å². The summed E-state index contributed by atoms with van der Waals surface area (Å²) in [5.41, 5.74) is 2.26. The molecule has 2 amide bonds. The summed E-state index contributed by atoms with van der Waals surface area (Å²) >= 11 is 1.28. The average molecular weight is 379 g/mol. The van der Waals surface area contributed by atoms with Crippen LogP contribution >= 0.6 is 11.3 Å². The van der Waals surface area contributed by atoms with E-state index in [1.165, 1.54) is 18.3 Å². The molecule has 0 spiro atoms. The van der Waals surface area contributed by atoms with Crippen molar-refractivity contribution in [3.63, 3.8) is 0 Å². The molecule has 1 aliphatic heterocycles. The smallest absolute Gasteiger partial charge is 0.230 e. The Labute approximate surface area is 149 Å². The number of benzene rings is 1. The molecule has 132 valence electrons. The number of hydrogen-bond donors (Lipinski definition) is 2. The molecule has 2 N–H and O–H groups in total. The zero-order chi connectivity index (χ0) is 18.0. The molecule has 1 fully saturated rings. The Balaban J connectivity index is 1.66. The number of carbonyl (C=O) groups is 2. The highest BCUT2D eigenvalue weighted by Gasteiger charge is 2.33. The number of rotatable bonds is 4. The number of aromatic nitrogens is 1. The lowest BCUT2D eigenvalue weighted by molar-refractivity contribution is -0.119. The first-order valence-corrected chi connectivity index (χ1v) is 10.4. The molecule has 0 bridgehead atoms. The van der Waals surface area contributed by atoms with E-state index in [4.69, 9.17) is 0 Å². The van der Waals surface area contributed by atoms with Gasteiger partial charge in [-0.1, -0.05) is 12.1 Å². The van der Waals surface area contributed by atoms with Crippen LogP contribution in [-0.2, 0) is 19.4 Å². The van der Waals surface area contributed by atoms with Gasteiger partial charge in [0.2, 0.25) is 11.8 Å². The number of anilines is 2. The maximum Gasteiger partial charge on any atom is 0.230 e. The van der Waals surface area contributed by atoms with Gasteiger partial charge in [0.05, 0.1) is 23.1 Å². The van der Waals surface area contributed by atoms with Gasteiger partial charge >= 0.3 is 0 Å². The van der Waals surface area contributed by atoms with E-state index in [-0.39, 0.29) is 23.3 Å². The van der Waals surface area contributed by atoms with Gasteiger partial charge in [-0.3, -0.25) is 9.59 Å². The summed E-state index contributed by atoms with van der Waals surface area (Å²) in [6.07, 6.45) is 0.358. The minimum atomic E-state index is -3.09. The van der Waals surface area contributed by atoms with Crippen molar-refractivity contribution in [2.45, 2.75) is 13.3 Å². The molecule has 2 heterocycles. The van der Waals surface area contributed by atoms with Crippen LogP contribution in [0.5, 0.6) is 0 Å². The van der Waals surface area contributed by atoms with Crippen molar-refractivity contribution in [1.29, 1.82) is 0 Å². The van der Waals surface area contributed by atoms with Crippen LogP contribution in [-0.4, -0.2) is 36.7 Å². The summed E-state index contributed by atoms with van der Waals surface area (Å²) in [6.45, 7) is 1.44. The second kappa shape index (κ2) is 6.93. The van der Waals surface area contributed by atoms with Crippen molar-refractivity contribution in [3.8, 4) is 11.3 Å². The summed E-state index contributed by atoms with van der Waals surface area (Å²) in [5, 5.41) is 7.64. The van der Waals surface area contributed by atoms with Crippen LogP contribution in [0.3, 0.4) is 0 Å². The molecule has 25 heavy (non-hydrogen) atoms. The van der Waals surface area contributed by atoms with Crippen LogP contribution in [0.1, 0.15) is 13.3 Å². The van der Waals surface area contributed by atoms with Crippen molar-refractivity contribution < 1.29 is 18.0 Å². The maximum atomic E-state index is 12.1. The minimum Gasteiger partial charge on any atom is -0.326 e. The fourth-order valence-electron chi connectivity index (χ4n) is 2.60. The first kappa shape index (κ1) is 17.6. The normalized spacial score (nSPS) is 18.7. The average Bonchev–Trinajstić information content (AvgIpc) is 3.14. The minimum absolute atomic E-state index is 0.0643.